The van der Waals surface area contributed by atoms with Crippen LogP contribution in [0.3, 0.4) is 0 Å². The Kier molecular flexibility index (Phi) is 5.22. The van der Waals surface area contributed by atoms with Crippen LogP contribution in [0.1, 0.15) is 46.4 Å². The molecule has 4 rings (SSSR count). The number of carbonyl (C=O) groups excluding carboxylic acids is 4. The Labute approximate surface area is 180 Å². The molecule has 0 aliphatic carbocycles. The Morgan fingerprint density at radius 1 is 1.16 bits per heavy atom. The average Bonchev–Trinajstić information content (AvgIpc) is 3.17. The highest BCUT2D eigenvalue weighted by atomic mass is 16.2. The summed E-state index contributed by atoms with van der Waals surface area (Å²) in [6.07, 6.45) is -0.277. The number of nitrogens with one attached hydrogen (secondary N) is 3. The van der Waals surface area contributed by atoms with Crippen molar-refractivity contribution in [3.8, 4) is 0 Å². The second kappa shape index (κ2) is 7.86. The van der Waals surface area contributed by atoms with Crippen molar-refractivity contribution in [1.29, 1.82) is 0 Å². The zero-order chi connectivity index (χ0) is 22.2. The minimum atomic E-state index is -1.52. The average molecular weight is 420 g/mol. The number of nitrogens with zero attached hydrogens (tertiary/aromatic N) is 1. The van der Waals surface area contributed by atoms with Crippen LogP contribution in [0, 0.1) is 6.92 Å². The van der Waals surface area contributed by atoms with E-state index in [1.165, 1.54) is 4.90 Å². The summed E-state index contributed by atoms with van der Waals surface area (Å²) < 4.78 is 0. The van der Waals surface area contributed by atoms with Gasteiger partial charge >= 0.3 is 6.03 Å². The molecule has 2 aromatic rings. The molecule has 1 fully saturated rings. The first-order valence-electron chi connectivity index (χ1n) is 10.1. The fourth-order valence-electron chi connectivity index (χ4n) is 4.14. The molecule has 0 aromatic heterocycles. The smallest absolute Gasteiger partial charge is 0.322 e. The van der Waals surface area contributed by atoms with Gasteiger partial charge in [-0.05, 0) is 31.0 Å². The van der Waals surface area contributed by atoms with E-state index in [0.29, 0.717) is 12.1 Å². The maximum Gasteiger partial charge on any atom is 0.322 e. The van der Waals surface area contributed by atoms with Crippen LogP contribution in [-0.4, -0.2) is 40.7 Å². The summed E-state index contributed by atoms with van der Waals surface area (Å²) in [7, 11) is 0. The van der Waals surface area contributed by atoms with Crippen LogP contribution >= 0.6 is 0 Å². The van der Waals surface area contributed by atoms with Gasteiger partial charge in [0.05, 0.1) is 19.0 Å². The predicted octanol–water partition coefficient (Wildman–Crippen LogP) is 1.80. The molecule has 0 saturated carbocycles. The lowest BCUT2D eigenvalue weighted by atomic mass is 9.93. The summed E-state index contributed by atoms with van der Waals surface area (Å²) >= 11 is 0. The molecule has 2 heterocycles. The molecular formula is C23H24N4O4. The number of amides is 5. The molecule has 2 aromatic carbocycles. The van der Waals surface area contributed by atoms with Crippen molar-refractivity contribution < 1.29 is 19.2 Å². The molecule has 3 N–H and O–H groups in total. The van der Waals surface area contributed by atoms with Crippen LogP contribution in [-0.2, 0) is 16.1 Å². The lowest BCUT2D eigenvalue weighted by molar-refractivity contribution is -0.131. The Morgan fingerprint density at radius 3 is 2.58 bits per heavy atom. The number of benzene rings is 2. The molecule has 0 radical (unpaired) electrons. The second-order valence-electron chi connectivity index (χ2n) is 8.19. The minimum Gasteiger partial charge on any atom is -0.349 e. The van der Waals surface area contributed by atoms with Crippen LogP contribution in [0.2, 0.25) is 0 Å². The van der Waals surface area contributed by atoms with Gasteiger partial charge in [-0.3, -0.25) is 19.7 Å². The van der Waals surface area contributed by atoms with Crippen LogP contribution in [0.25, 0.3) is 0 Å². The molecule has 160 valence electrons. The molecule has 0 spiro atoms. The first-order valence-corrected chi connectivity index (χ1v) is 10.1. The summed E-state index contributed by atoms with van der Waals surface area (Å²) in [5, 5.41) is 7.67. The number of rotatable bonds is 6. The van der Waals surface area contributed by atoms with Crippen molar-refractivity contribution in [2.45, 2.75) is 38.4 Å². The summed E-state index contributed by atoms with van der Waals surface area (Å²) in [5.74, 6) is -1.22. The van der Waals surface area contributed by atoms with Gasteiger partial charge in [-0.2, -0.15) is 0 Å². The van der Waals surface area contributed by atoms with E-state index >= 15 is 0 Å². The van der Waals surface area contributed by atoms with Gasteiger partial charge in [0.2, 0.25) is 5.91 Å². The van der Waals surface area contributed by atoms with Crippen molar-refractivity contribution in [2.24, 2.45) is 0 Å². The summed E-state index contributed by atoms with van der Waals surface area (Å²) in [5.41, 5.74) is 1.81. The molecule has 2 aliphatic rings. The zero-order valence-corrected chi connectivity index (χ0v) is 17.4. The normalized spacial score (nSPS) is 20.8. The molecule has 2 atom stereocenters. The predicted molar refractivity (Wildman–Crippen MR) is 113 cm³/mol. The van der Waals surface area contributed by atoms with Crippen molar-refractivity contribution >= 4 is 23.8 Å². The fraction of sp³-hybridized carbons (Fsp3) is 0.304. The van der Waals surface area contributed by atoms with E-state index in [1.54, 1.807) is 0 Å². The van der Waals surface area contributed by atoms with Gasteiger partial charge in [0.25, 0.3) is 11.8 Å². The highest BCUT2D eigenvalue weighted by molar-refractivity contribution is 6.09. The van der Waals surface area contributed by atoms with Gasteiger partial charge in [-0.15, -0.1) is 0 Å². The number of hydrogen-bond donors (Lipinski definition) is 3. The number of urea groups is 1. The largest absolute Gasteiger partial charge is 0.349 e. The van der Waals surface area contributed by atoms with E-state index in [0.717, 1.165) is 16.7 Å². The van der Waals surface area contributed by atoms with Crippen molar-refractivity contribution in [1.82, 2.24) is 20.9 Å². The first kappa shape index (κ1) is 20.6. The quantitative estimate of drug-likeness (QED) is 0.620. The molecule has 2 aliphatic heterocycles. The van der Waals surface area contributed by atoms with Gasteiger partial charge in [0.1, 0.15) is 5.54 Å². The van der Waals surface area contributed by atoms with Crippen molar-refractivity contribution in [3.63, 3.8) is 0 Å². The van der Waals surface area contributed by atoms with Gasteiger partial charge in [-0.1, -0.05) is 48.0 Å². The molecule has 8 heteroatoms. The van der Waals surface area contributed by atoms with Crippen LogP contribution in [0.4, 0.5) is 4.79 Å². The van der Waals surface area contributed by atoms with E-state index < -0.39 is 23.4 Å². The summed E-state index contributed by atoms with van der Waals surface area (Å²) in [4.78, 5) is 51.9. The number of hydrogen-bond acceptors (Lipinski definition) is 4. The molecule has 1 saturated heterocycles. The lowest BCUT2D eigenvalue weighted by Gasteiger charge is -2.30. The Morgan fingerprint density at radius 2 is 1.90 bits per heavy atom. The number of fused-ring (bicyclic) bond motifs is 1. The summed E-state index contributed by atoms with van der Waals surface area (Å²) in [6.45, 7) is 3.97. The highest BCUT2D eigenvalue weighted by Gasteiger charge is 2.50. The maximum atomic E-state index is 12.9. The van der Waals surface area contributed by atoms with E-state index in [2.05, 4.69) is 16.0 Å². The molecule has 5 amide bonds. The van der Waals surface area contributed by atoms with E-state index in [9.17, 15) is 19.2 Å². The van der Waals surface area contributed by atoms with E-state index in [-0.39, 0.29) is 24.9 Å². The number of aryl methyl sites for hydroxylation is 1. The SMILES string of the molecule is Cc1ccc2c(c1)C(=O)N(CC1(CC(=O)N[C@@H](C)c3ccccc3)NC(=O)NC1=O)C2. The molecule has 0 bridgehead atoms. The van der Waals surface area contributed by atoms with Gasteiger partial charge in [0, 0.05) is 12.1 Å². The third kappa shape index (κ3) is 4.01. The van der Waals surface area contributed by atoms with Crippen LogP contribution in [0.15, 0.2) is 48.5 Å². The minimum absolute atomic E-state index is 0.0930. The lowest BCUT2D eigenvalue weighted by Crippen LogP contribution is -2.57. The summed E-state index contributed by atoms with van der Waals surface area (Å²) in [6, 6.07) is 14.1. The van der Waals surface area contributed by atoms with Gasteiger partial charge in [-0.25, -0.2) is 4.79 Å². The first-order chi connectivity index (χ1) is 14.8. The molecular weight excluding hydrogens is 396 g/mol. The van der Waals surface area contributed by atoms with Crippen molar-refractivity contribution in [3.05, 3.63) is 70.8 Å². The van der Waals surface area contributed by atoms with E-state index in [1.807, 2.05) is 62.4 Å². The van der Waals surface area contributed by atoms with E-state index in [4.69, 9.17) is 0 Å². The monoisotopic (exact) mass is 420 g/mol. The standard InChI is InChI=1S/C23H24N4O4/c1-14-8-9-17-12-27(20(29)18(17)10-14)13-23(21(30)25-22(31)26-23)11-19(28)24-15(2)16-6-4-3-5-7-16/h3-10,15H,11-13H2,1-2H3,(H,24,28)(H2,25,26,30,31)/t15-,23?/m0/s1. The molecule has 31 heavy (non-hydrogen) atoms. The fourth-order valence-corrected chi connectivity index (χ4v) is 4.14. The third-order valence-corrected chi connectivity index (χ3v) is 5.76. The Balaban J connectivity index is 1.52. The Bertz CT molecular complexity index is 1070. The van der Waals surface area contributed by atoms with Crippen molar-refractivity contribution in [2.75, 3.05) is 6.54 Å². The molecule has 8 nitrogen and oxygen atoms in total. The topological polar surface area (TPSA) is 108 Å². The Hall–Kier alpha value is -3.68. The number of carbonyl (C=O) groups is 4. The number of imide groups is 1. The van der Waals surface area contributed by atoms with Crippen LogP contribution in [0.5, 0.6) is 0 Å². The highest BCUT2D eigenvalue weighted by Crippen LogP contribution is 2.28. The molecule has 1 unspecified atom stereocenters. The zero-order valence-electron chi connectivity index (χ0n) is 17.4. The third-order valence-electron chi connectivity index (χ3n) is 5.76. The maximum absolute atomic E-state index is 12.9. The van der Waals surface area contributed by atoms with Crippen LogP contribution < -0.4 is 16.0 Å². The van der Waals surface area contributed by atoms with Gasteiger partial charge < -0.3 is 15.5 Å². The van der Waals surface area contributed by atoms with Gasteiger partial charge in [0.15, 0.2) is 0 Å². The second-order valence-corrected chi connectivity index (χ2v) is 8.19.